The summed E-state index contributed by atoms with van der Waals surface area (Å²) in [7, 11) is 0. The van der Waals surface area contributed by atoms with E-state index < -0.39 is 0 Å². The number of amides is 1. The smallest absolute Gasteiger partial charge is 0.244 e. The number of rotatable bonds is 2. The summed E-state index contributed by atoms with van der Waals surface area (Å²) in [6, 6.07) is 7.79. The third kappa shape index (κ3) is 5.12. The van der Waals surface area contributed by atoms with E-state index in [0.717, 1.165) is 10.0 Å². The van der Waals surface area contributed by atoms with E-state index in [-0.39, 0.29) is 11.4 Å². The first-order valence-corrected chi connectivity index (χ1v) is 5.92. The third-order valence-electron chi connectivity index (χ3n) is 1.80. The van der Waals surface area contributed by atoms with E-state index in [2.05, 4.69) is 21.2 Å². The van der Waals surface area contributed by atoms with Crippen LogP contribution in [0.4, 0.5) is 0 Å². The van der Waals surface area contributed by atoms with Crippen LogP contribution in [0.5, 0.6) is 0 Å². The molecular formula is C13H16BrNO. The van der Waals surface area contributed by atoms with E-state index >= 15 is 0 Å². The second kappa shape index (κ2) is 5.30. The Morgan fingerprint density at radius 3 is 2.31 bits per heavy atom. The highest BCUT2D eigenvalue weighted by Crippen LogP contribution is 2.11. The lowest BCUT2D eigenvalue weighted by Crippen LogP contribution is -2.39. The largest absolute Gasteiger partial charge is 0.348 e. The number of hydrogen-bond donors (Lipinski definition) is 1. The van der Waals surface area contributed by atoms with Gasteiger partial charge in [0, 0.05) is 16.1 Å². The Hall–Kier alpha value is -1.09. The quantitative estimate of drug-likeness (QED) is 0.828. The molecule has 0 aliphatic heterocycles. The second-order valence-electron chi connectivity index (χ2n) is 4.62. The Balaban J connectivity index is 2.60. The van der Waals surface area contributed by atoms with Crippen molar-refractivity contribution in [2.45, 2.75) is 26.3 Å². The van der Waals surface area contributed by atoms with E-state index in [0.29, 0.717) is 0 Å². The molecule has 1 aromatic carbocycles. The monoisotopic (exact) mass is 281 g/mol. The van der Waals surface area contributed by atoms with Gasteiger partial charge in [-0.25, -0.2) is 0 Å². The molecule has 2 nitrogen and oxygen atoms in total. The van der Waals surface area contributed by atoms with Gasteiger partial charge in [-0.3, -0.25) is 4.79 Å². The van der Waals surface area contributed by atoms with Gasteiger partial charge in [0.2, 0.25) is 5.91 Å². The van der Waals surface area contributed by atoms with Gasteiger partial charge in [-0.15, -0.1) is 0 Å². The Labute approximate surface area is 105 Å². The molecule has 86 valence electrons. The minimum Gasteiger partial charge on any atom is -0.348 e. The molecule has 0 heterocycles. The summed E-state index contributed by atoms with van der Waals surface area (Å²) < 4.78 is 1.03. The van der Waals surface area contributed by atoms with Gasteiger partial charge in [0.1, 0.15) is 0 Å². The first kappa shape index (κ1) is 13.0. The van der Waals surface area contributed by atoms with Crippen LogP contribution >= 0.6 is 15.9 Å². The molecule has 16 heavy (non-hydrogen) atoms. The lowest BCUT2D eigenvalue weighted by Gasteiger charge is -2.18. The van der Waals surface area contributed by atoms with E-state index in [9.17, 15) is 4.79 Å². The minimum absolute atomic E-state index is 0.0737. The molecule has 1 amide bonds. The number of carbonyl (C=O) groups is 1. The molecule has 0 saturated heterocycles. The second-order valence-corrected chi connectivity index (χ2v) is 5.54. The summed E-state index contributed by atoms with van der Waals surface area (Å²) in [6.07, 6.45) is 3.35. The zero-order valence-corrected chi connectivity index (χ0v) is 11.3. The van der Waals surface area contributed by atoms with Crippen molar-refractivity contribution < 1.29 is 4.79 Å². The molecule has 1 rings (SSSR count). The summed E-state index contributed by atoms with van der Waals surface area (Å²) in [5.41, 5.74) is 0.813. The first-order chi connectivity index (χ1) is 7.37. The molecule has 0 saturated carbocycles. The SMILES string of the molecule is CC(C)(C)NC(=O)/C=C\c1ccc(Br)cc1. The molecule has 3 heteroatoms. The van der Waals surface area contributed by atoms with Crippen LogP contribution in [0, 0.1) is 0 Å². The first-order valence-electron chi connectivity index (χ1n) is 5.13. The fourth-order valence-electron chi connectivity index (χ4n) is 1.16. The van der Waals surface area contributed by atoms with Gasteiger partial charge in [0.05, 0.1) is 0 Å². The molecule has 0 spiro atoms. The summed E-state index contributed by atoms with van der Waals surface area (Å²) >= 11 is 3.36. The normalized spacial score (nSPS) is 11.8. The van der Waals surface area contributed by atoms with Crippen molar-refractivity contribution in [1.29, 1.82) is 0 Å². The van der Waals surface area contributed by atoms with Crippen LogP contribution in [0.2, 0.25) is 0 Å². The molecular weight excluding hydrogens is 266 g/mol. The van der Waals surface area contributed by atoms with Gasteiger partial charge >= 0.3 is 0 Å². The van der Waals surface area contributed by atoms with Crippen molar-refractivity contribution in [2.75, 3.05) is 0 Å². The maximum absolute atomic E-state index is 11.5. The Morgan fingerprint density at radius 1 is 1.25 bits per heavy atom. The number of benzene rings is 1. The topological polar surface area (TPSA) is 29.1 Å². The van der Waals surface area contributed by atoms with Crippen LogP contribution < -0.4 is 5.32 Å². The van der Waals surface area contributed by atoms with Gasteiger partial charge in [-0.1, -0.05) is 28.1 Å². The average Bonchev–Trinajstić information content (AvgIpc) is 2.14. The van der Waals surface area contributed by atoms with Gasteiger partial charge in [-0.2, -0.15) is 0 Å². The van der Waals surface area contributed by atoms with Crippen LogP contribution in [0.1, 0.15) is 26.3 Å². The molecule has 1 aromatic rings. The van der Waals surface area contributed by atoms with Crippen LogP contribution in [-0.4, -0.2) is 11.4 Å². The predicted octanol–water partition coefficient (Wildman–Crippen LogP) is 3.38. The van der Waals surface area contributed by atoms with Crippen molar-refractivity contribution in [3.05, 3.63) is 40.4 Å². The Kier molecular flexibility index (Phi) is 4.30. The van der Waals surface area contributed by atoms with Crippen LogP contribution in [0.25, 0.3) is 6.08 Å². The summed E-state index contributed by atoms with van der Waals surface area (Å²) in [5, 5.41) is 2.87. The lowest BCUT2D eigenvalue weighted by atomic mass is 10.1. The van der Waals surface area contributed by atoms with E-state index in [4.69, 9.17) is 0 Å². The van der Waals surface area contributed by atoms with Crippen molar-refractivity contribution in [1.82, 2.24) is 5.32 Å². The summed E-state index contributed by atoms with van der Waals surface area (Å²) in [4.78, 5) is 11.5. The van der Waals surface area contributed by atoms with Gasteiger partial charge in [-0.05, 0) is 44.5 Å². The van der Waals surface area contributed by atoms with Gasteiger partial charge in [0.25, 0.3) is 0 Å². The van der Waals surface area contributed by atoms with E-state index in [1.807, 2.05) is 45.0 Å². The number of hydrogen-bond acceptors (Lipinski definition) is 1. The molecule has 0 fully saturated rings. The number of carbonyl (C=O) groups excluding carboxylic acids is 1. The molecule has 0 aromatic heterocycles. The predicted molar refractivity (Wildman–Crippen MR) is 71.1 cm³/mol. The third-order valence-corrected chi connectivity index (χ3v) is 2.32. The van der Waals surface area contributed by atoms with Crippen LogP contribution in [0.3, 0.4) is 0 Å². The molecule has 0 atom stereocenters. The van der Waals surface area contributed by atoms with Crippen molar-refractivity contribution in [3.63, 3.8) is 0 Å². The highest BCUT2D eigenvalue weighted by Gasteiger charge is 2.10. The minimum atomic E-state index is -0.193. The van der Waals surface area contributed by atoms with Crippen molar-refractivity contribution in [2.24, 2.45) is 0 Å². The maximum Gasteiger partial charge on any atom is 0.244 e. The van der Waals surface area contributed by atoms with Gasteiger partial charge in [0.15, 0.2) is 0 Å². The lowest BCUT2D eigenvalue weighted by molar-refractivity contribution is -0.117. The Morgan fingerprint density at radius 2 is 1.81 bits per heavy atom. The molecule has 1 N–H and O–H groups in total. The number of halogens is 1. The van der Waals surface area contributed by atoms with Crippen LogP contribution in [0.15, 0.2) is 34.8 Å². The highest BCUT2D eigenvalue weighted by molar-refractivity contribution is 9.10. The molecule has 0 unspecified atom stereocenters. The zero-order valence-electron chi connectivity index (χ0n) is 9.75. The Bertz CT molecular complexity index is 387. The van der Waals surface area contributed by atoms with Crippen molar-refractivity contribution in [3.8, 4) is 0 Å². The van der Waals surface area contributed by atoms with Gasteiger partial charge < -0.3 is 5.32 Å². The standard InChI is InChI=1S/C13H16BrNO/c1-13(2,3)15-12(16)9-6-10-4-7-11(14)8-5-10/h4-9H,1-3H3,(H,15,16)/b9-6-. The fourth-order valence-corrected chi connectivity index (χ4v) is 1.42. The molecule has 0 radical (unpaired) electrons. The maximum atomic E-state index is 11.5. The summed E-state index contributed by atoms with van der Waals surface area (Å²) in [5.74, 6) is -0.0737. The average molecular weight is 282 g/mol. The van der Waals surface area contributed by atoms with Crippen LogP contribution in [-0.2, 0) is 4.79 Å². The summed E-state index contributed by atoms with van der Waals surface area (Å²) in [6.45, 7) is 5.87. The fraction of sp³-hybridized carbons (Fsp3) is 0.308. The molecule has 0 aliphatic rings. The highest BCUT2D eigenvalue weighted by atomic mass is 79.9. The van der Waals surface area contributed by atoms with E-state index in [1.165, 1.54) is 0 Å². The van der Waals surface area contributed by atoms with E-state index in [1.54, 1.807) is 12.2 Å². The molecule has 0 aliphatic carbocycles. The van der Waals surface area contributed by atoms with Crippen molar-refractivity contribution >= 4 is 27.9 Å². The molecule has 0 bridgehead atoms. The zero-order chi connectivity index (χ0) is 12.2. The number of nitrogens with one attached hydrogen (secondary N) is 1.